The van der Waals surface area contributed by atoms with Gasteiger partial charge in [0.25, 0.3) is 0 Å². The highest BCUT2D eigenvalue weighted by molar-refractivity contribution is 7.91. The number of ether oxygens (including phenoxy) is 2. The van der Waals surface area contributed by atoms with Crippen LogP contribution >= 0.6 is 0 Å². The molecule has 18 heteroatoms. The monoisotopic (exact) mass is 800 g/mol. The third kappa shape index (κ3) is 13.9. The first-order chi connectivity index (χ1) is 23.6. The van der Waals surface area contributed by atoms with Crippen molar-refractivity contribution < 1.29 is 43.1 Å². The average molecular weight is 801 g/mol. The molecule has 4 rings (SSSR count). The Balaban J connectivity index is 0.000000347. The van der Waals surface area contributed by atoms with E-state index >= 15 is 0 Å². The molecule has 0 aliphatic heterocycles. The number of methoxy groups -OCH3 is 1. The molecule has 0 saturated heterocycles. The van der Waals surface area contributed by atoms with Gasteiger partial charge in [-0.3, -0.25) is 0 Å². The van der Waals surface area contributed by atoms with Crippen LogP contribution in [0.25, 0.3) is 0 Å². The first kappa shape index (κ1) is 45.5. The second-order valence-electron chi connectivity index (χ2n) is 11.6. The minimum atomic E-state index is -3.28. The molecule has 0 heterocycles. The van der Waals surface area contributed by atoms with Gasteiger partial charge in [0.1, 0.15) is 21.3 Å². The van der Waals surface area contributed by atoms with Crippen molar-refractivity contribution in [2.24, 2.45) is 0 Å². The Hall–Kier alpha value is -4.52. The van der Waals surface area contributed by atoms with Crippen molar-refractivity contribution >= 4 is 62.1 Å². The van der Waals surface area contributed by atoms with Crippen LogP contribution in [0.3, 0.4) is 0 Å². The lowest BCUT2D eigenvalue weighted by atomic mass is 10.1. The largest absolute Gasteiger partial charge is 0.495 e. The zero-order valence-corrected chi connectivity index (χ0v) is 33.8. The second kappa shape index (κ2) is 18.3. The number of anilines is 4. The van der Waals surface area contributed by atoms with Crippen molar-refractivity contribution in [1.82, 2.24) is 0 Å². The van der Waals surface area contributed by atoms with E-state index in [1.54, 1.807) is 56.3 Å². The summed E-state index contributed by atoms with van der Waals surface area (Å²) < 4.78 is 99.9. The molecule has 0 fully saturated rings. The summed E-state index contributed by atoms with van der Waals surface area (Å²) >= 11 is 0. The molecule has 52 heavy (non-hydrogen) atoms. The molecule has 0 saturated carbocycles. The average Bonchev–Trinajstić information content (AvgIpc) is 3.01. The van der Waals surface area contributed by atoms with Crippen LogP contribution in [0.2, 0.25) is 0 Å². The number of nitrogen functional groups attached to an aromatic ring is 4. The molecule has 0 aromatic heterocycles. The van der Waals surface area contributed by atoms with Crippen LogP contribution in [0, 0.1) is 20.8 Å². The predicted molar refractivity (Wildman–Crippen MR) is 208 cm³/mol. The van der Waals surface area contributed by atoms with Crippen molar-refractivity contribution in [1.29, 1.82) is 0 Å². The number of aryl methyl sites for hydroxylation is 1. The second-order valence-corrected chi connectivity index (χ2v) is 19.5. The van der Waals surface area contributed by atoms with Gasteiger partial charge in [-0.2, -0.15) is 0 Å². The molecule has 0 atom stereocenters. The van der Waals surface area contributed by atoms with Gasteiger partial charge >= 0.3 is 0 Å². The first-order valence-corrected chi connectivity index (χ1v) is 22.7. The quantitative estimate of drug-likeness (QED) is 0.193. The van der Waals surface area contributed by atoms with Crippen LogP contribution < -0.4 is 32.4 Å². The molecular formula is C34H48N4O10S4. The Bertz CT molecular complexity index is 2300. The molecule has 4 aromatic rings. The van der Waals surface area contributed by atoms with E-state index in [1.807, 2.05) is 13.8 Å². The van der Waals surface area contributed by atoms with Crippen LogP contribution in [0.5, 0.6) is 11.5 Å². The Kier molecular flexibility index (Phi) is 16.0. The maximum absolute atomic E-state index is 11.3. The smallest absolute Gasteiger partial charge is 0.179 e. The summed E-state index contributed by atoms with van der Waals surface area (Å²) in [5.74, 6) is 0.668. The zero-order valence-electron chi connectivity index (χ0n) is 30.6. The fraction of sp³-hybridized carbons (Fsp3) is 0.294. The molecule has 0 amide bonds. The van der Waals surface area contributed by atoms with Gasteiger partial charge in [-0.1, -0.05) is 6.07 Å². The van der Waals surface area contributed by atoms with Gasteiger partial charge in [0.05, 0.1) is 23.5 Å². The van der Waals surface area contributed by atoms with E-state index in [-0.39, 0.29) is 14.7 Å². The Morgan fingerprint density at radius 3 is 1.38 bits per heavy atom. The number of benzene rings is 4. The van der Waals surface area contributed by atoms with Crippen LogP contribution in [0.15, 0.2) is 86.3 Å². The lowest BCUT2D eigenvalue weighted by Crippen LogP contribution is -2.03. The van der Waals surface area contributed by atoms with Gasteiger partial charge in [0, 0.05) is 47.8 Å². The van der Waals surface area contributed by atoms with Crippen molar-refractivity contribution in [2.75, 3.05) is 61.7 Å². The SMILES string of the molecule is CCOc1ccc(N)cc1S(C)(=O)=O.COc1ccc(N)cc1S(C)(=O)=O.Cc1c(N)cccc1S(C)(=O)=O.Cc1cc(S(C)(=O)=O)cc(N)c1C. The van der Waals surface area contributed by atoms with Crippen molar-refractivity contribution in [3.8, 4) is 11.5 Å². The fourth-order valence-electron chi connectivity index (χ4n) is 4.17. The Morgan fingerprint density at radius 1 is 0.538 bits per heavy atom. The lowest BCUT2D eigenvalue weighted by molar-refractivity contribution is 0.331. The lowest BCUT2D eigenvalue weighted by Gasteiger charge is -2.08. The van der Waals surface area contributed by atoms with Gasteiger partial charge in [-0.15, -0.1) is 0 Å². The molecule has 288 valence electrons. The van der Waals surface area contributed by atoms with Crippen molar-refractivity contribution in [3.05, 3.63) is 83.4 Å². The highest BCUT2D eigenvalue weighted by atomic mass is 32.2. The summed E-state index contributed by atoms with van der Waals surface area (Å²) in [7, 11) is -11.4. The summed E-state index contributed by atoms with van der Waals surface area (Å²) in [5.41, 5.74) is 26.5. The summed E-state index contributed by atoms with van der Waals surface area (Å²) in [6, 6.07) is 17.1. The Labute approximate surface area is 307 Å². The van der Waals surface area contributed by atoms with E-state index in [2.05, 4.69) is 0 Å². The molecule has 4 aromatic carbocycles. The van der Waals surface area contributed by atoms with Crippen LogP contribution in [-0.4, -0.2) is 72.4 Å². The summed E-state index contributed by atoms with van der Waals surface area (Å²) in [6.45, 7) is 7.64. The highest BCUT2D eigenvalue weighted by Crippen LogP contribution is 2.27. The molecular weight excluding hydrogens is 753 g/mol. The normalized spacial score (nSPS) is 11.4. The topological polar surface area (TPSA) is 259 Å². The molecule has 0 aliphatic carbocycles. The predicted octanol–water partition coefficient (Wildman–Crippen LogP) is 4.02. The summed E-state index contributed by atoms with van der Waals surface area (Å²) in [5, 5.41) is 0. The standard InChI is InChI=1S/C9H13NO3S.C9H13NO2S.C8H11NO3S.C8H11NO2S/c1-3-13-8-5-4-7(10)6-9(8)14(2,11)12;1-6-4-8(13(3,11)12)5-9(10)7(6)2;1-12-7-4-3-6(9)5-8(7)13(2,10)11;1-6-7(9)4-3-5-8(6)12(2,10)11/h4-6H,3,10H2,1-2H3;4-5H,10H2,1-3H3;3-5H,9H2,1-2H3;3-5H,9H2,1-2H3. The van der Waals surface area contributed by atoms with Gasteiger partial charge < -0.3 is 32.4 Å². The summed E-state index contributed by atoms with van der Waals surface area (Å²) in [6.07, 6.45) is 4.60. The molecule has 0 unspecified atom stereocenters. The van der Waals surface area contributed by atoms with Gasteiger partial charge in [0.2, 0.25) is 0 Å². The van der Waals surface area contributed by atoms with Gasteiger partial charge in [0.15, 0.2) is 39.3 Å². The zero-order chi connectivity index (χ0) is 40.4. The fourth-order valence-corrected chi connectivity index (χ4v) is 7.61. The molecule has 0 bridgehead atoms. The van der Waals surface area contributed by atoms with E-state index < -0.39 is 39.3 Å². The number of sulfone groups is 4. The molecule has 0 spiro atoms. The third-order valence-electron chi connectivity index (χ3n) is 7.09. The maximum Gasteiger partial charge on any atom is 0.179 e. The van der Waals surface area contributed by atoms with E-state index in [1.165, 1.54) is 43.9 Å². The maximum atomic E-state index is 11.3. The molecule has 0 radical (unpaired) electrons. The molecule has 0 aliphatic rings. The summed E-state index contributed by atoms with van der Waals surface area (Å²) in [4.78, 5) is 0.852. The van der Waals surface area contributed by atoms with Crippen LogP contribution in [-0.2, 0) is 39.3 Å². The van der Waals surface area contributed by atoms with E-state index in [0.717, 1.165) is 23.6 Å². The number of rotatable bonds is 7. The van der Waals surface area contributed by atoms with E-state index in [0.29, 0.717) is 51.3 Å². The molecule has 8 N–H and O–H groups in total. The van der Waals surface area contributed by atoms with Crippen LogP contribution in [0.1, 0.15) is 23.6 Å². The molecule has 14 nitrogen and oxygen atoms in total. The minimum absolute atomic E-state index is 0.120. The van der Waals surface area contributed by atoms with Crippen LogP contribution in [0.4, 0.5) is 22.7 Å². The van der Waals surface area contributed by atoms with Gasteiger partial charge in [-0.25, -0.2) is 33.7 Å². The number of nitrogens with two attached hydrogens (primary N) is 4. The third-order valence-corrected chi connectivity index (χ3v) is 11.7. The van der Waals surface area contributed by atoms with E-state index in [9.17, 15) is 33.7 Å². The number of hydrogen-bond acceptors (Lipinski definition) is 14. The first-order valence-electron chi connectivity index (χ1n) is 15.1. The number of hydrogen-bond donors (Lipinski definition) is 4. The Morgan fingerprint density at radius 2 is 1.00 bits per heavy atom. The van der Waals surface area contributed by atoms with Gasteiger partial charge in [-0.05, 0) is 105 Å². The van der Waals surface area contributed by atoms with Crippen molar-refractivity contribution in [3.63, 3.8) is 0 Å². The van der Waals surface area contributed by atoms with E-state index in [4.69, 9.17) is 32.4 Å². The van der Waals surface area contributed by atoms with Crippen molar-refractivity contribution in [2.45, 2.75) is 47.3 Å². The highest BCUT2D eigenvalue weighted by Gasteiger charge is 2.15. The minimum Gasteiger partial charge on any atom is -0.495 e.